The summed E-state index contributed by atoms with van der Waals surface area (Å²) < 4.78 is 5.73. The van der Waals surface area contributed by atoms with Gasteiger partial charge >= 0.3 is 0 Å². The lowest BCUT2D eigenvalue weighted by molar-refractivity contribution is -0.127. The van der Waals surface area contributed by atoms with E-state index in [9.17, 15) is 4.79 Å². The van der Waals surface area contributed by atoms with Crippen LogP contribution in [0.1, 0.15) is 27.8 Å². The summed E-state index contributed by atoms with van der Waals surface area (Å²) in [6, 6.07) is 12.4. The van der Waals surface area contributed by atoms with Crippen molar-refractivity contribution in [3.63, 3.8) is 0 Å². The molecule has 0 bridgehead atoms. The third-order valence-electron chi connectivity index (χ3n) is 4.53. The molecular weight excluding hydrogens is 370 g/mol. The summed E-state index contributed by atoms with van der Waals surface area (Å²) in [5, 5.41) is 8.59. The van der Waals surface area contributed by atoms with E-state index in [1.807, 2.05) is 33.0 Å². The molecule has 0 atom stereocenters. The first kappa shape index (κ1) is 20.1. The molecule has 0 aliphatic rings. The SMILES string of the molecule is Cc1cc(C)cc(-c2nnc(SCC(=O)N(C)Cc3ccc(C)cc3C)o2)c1. The Morgan fingerprint density at radius 2 is 1.71 bits per heavy atom. The van der Waals surface area contributed by atoms with Gasteiger partial charge < -0.3 is 9.32 Å². The van der Waals surface area contributed by atoms with Crippen LogP contribution in [0.25, 0.3) is 11.5 Å². The summed E-state index contributed by atoms with van der Waals surface area (Å²) in [5.74, 6) is 0.761. The number of aryl methyl sites for hydroxylation is 4. The van der Waals surface area contributed by atoms with E-state index in [1.54, 1.807) is 4.90 Å². The van der Waals surface area contributed by atoms with Gasteiger partial charge in [0.2, 0.25) is 11.8 Å². The van der Waals surface area contributed by atoms with Gasteiger partial charge in [0.05, 0.1) is 5.75 Å². The fourth-order valence-corrected chi connectivity index (χ4v) is 3.79. The number of rotatable bonds is 6. The van der Waals surface area contributed by atoms with Gasteiger partial charge in [-0.1, -0.05) is 52.7 Å². The van der Waals surface area contributed by atoms with Crippen molar-refractivity contribution >= 4 is 17.7 Å². The molecule has 5 nitrogen and oxygen atoms in total. The zero-order valence-corrected chi connectivity index (χ0v) is 17.8. The van der Waals surface area contributed by atoms with Gasteiger partial charge in [0, 0.05) is 19.2 Å². The minimum absolute atomic E-state index is 0.0242. The van der Waals surface area contributed by atoms with Gasteiger partial charge in [0.15, 0.2) is 0 Å². The highest BCUT2D eigenvalue weighted by Gasteiger charge is 2.15. The van der Waals surface area contributed by atoms with Crippen molar-refractivity contribution in [1.29, 1.82) is 0 Å². The van der Waals surface area contributed by atoms with Crippen LogP contribution in [0.15, 0.2) is 46.0 Å². The zero-order chi connectivity index (χ0) is 20.3. The van der Waals surface area contributed by atoms with Crippen molar-refractivity contribution in [3.05, 3.63) is 64.2 Å². The zero-order valence-electron chi connectivity index (χ0n) is 16.9. The molecule has 0 aliphatic carbocycles. The average Bonchev–Trinajstić information content (AvgIpc) is 3.10. The summed E-state index contributed by atoms with van der Waals surface area (Å²) in [6.45, 7) is 8.80. The first-order chi connectivity index (χ1) is 13.3. The molecule has 3 rings (SSSR count). The maximum absolute atomic E-state index is 12.5. The van der Waals surface area contributed by atoms with Crippen LogP contribution in [0.5, 0.6) is 0 Å². The topological polar surface area (TPSA) is 59.2 Å². The van der Waals surface area contributed by atoms with Crippen molar-refractivity contribution in [1.82, 2.24) is 15.1 Å². The van der Waals surface area contributed by atoms with Crippen LogP contribution in [0.4, 0.5) is 0 Å². The molecule has 0 saturated carbocycles. The second kappa shape index (κ2) is 8.61. The largest absolute Gasteiger partial charge is 0.411 e. The predicted octanol–water partition coefficient (Wildman–Crippen LogP) is 4.72. The highest BCUT2D eigenvalue weighted by Crippen LogP contribution is 2.25. The van der Waals surface area contributed by atoms with Crippen molar-refractivity contribution in [2.75, 3.05) is 12.8 Å². The normalized spacial score (nSPS) is 10.9. The Kier molecular flexibility index (Phi) is 6.19. The Balaban J connectivity index is 1.59. The number of amides is 1. The number of nitrogens with zero attached hydrogens (tertiary/aromatic N) is 3. The summed E-state index contributed by atoms with van der Waals surface area (Å²) in [7, 11) is 1.82. The minimum atomic E-state index is 0.0242. The minimum Gasteiger partial charge on any atom is -0.411 e. The van der Waals surface area contributed by atoms with Gasteiger partial charge in [-0.15, -0.1) is 10.2 Å². The van der Waals surface area contributed by atoms with Crippen LogP contribution in [0.3, 0.4) is 0 Å². The first-order valence-corrected chi connectivity index (χ1v) is 10.2. The summed E-state index contributed by atoms with van der Waals surface area (Å²) >= 11 is 1.27. The smallest absolute Gasteiger partial charge is 0.277 e. The number of benzene rings is 2. The number of carbonyl (C=O) groups is 1. The quantitative estimate of drug-likeness (QED) is 0.565. The lowest BCUT2D eigenvalue weighted by atomic mass is 10.1. The van der Waals surface area contributed by atoms with Gasteiger partial charge in [-0.3, -0.25) is 4.79 Å². The molecule has 0 fully saturated rings. The Labute approximate surface area is 170 Å². The summed E-state index contributed by atoms with van der Waals surface area (Å²) in [5.41, 5.74) is 6.76. The van der Waals surface area contributed by atoms with Crippen molar-refractivity contribution in [2.24, 2.45) is 0 Å². The molecule has 0 N–H and O–H groups in total. The molecule has 0 saturated heterocycles. The number of carbonyl (C=O) groups excluding carboxylic acids is 1. The molecule has 6 heteroatoms. The Hall–Kier alpha value is -2.60. The van der Waals surface area contributed by atoms with Gasteiger partial charge in [0.25, 0.3) is 5.22 Å². The van der Waals surface area contributed by atoms with E-state index in [4.69, 9.17) is 4.42 Å². The van der Waals surface area contributed by atoms with Crippen LogP contribution in [0, 0.1) is 27.7 Å². The van der Waals surface area contributed by atoms with Crippen molar-refractivity contribution in [3.8, 4) is 11.5 Å². The van der Waals surface area contributed by atoms with Crippen molar-refractivity contribution in [2.45, 2.75) is 39.5 Å². The van der Waals surface area contributed by atoms with E-state index in [-0.39, 0.29) is 11.7 Å². The number of aromatic nitrogens is 2. The summed E-state index contributed by atoms with van der Waals surface area (Å²) in [6.07, 6.45) is 0. The van der Waals surface area contributed by atoms with Crippen molar-refractivity contribution < 1.29 is 9.21 Å². The van der Waals surface area contributed by atoms with Crippen LogP contribution < -0.4 is 0 Å². The molecule has 1 heterocycles. The predicted molar refractivity (Wildman–Crippen MR) is 112 cm³/mol. The van der Waals surface area contributed by atoms with E-state index < -0.39 is 0 Å². The second-order valence-corrected chi connectivity index (χ2v) is 8.14. The monoisotopic (exact) mass is 395 g/mol. The maximum atomic E-state index is 12.5. The number of hydrogen-bond acceptors (Lipinski definition) is 5. The van der Waals surface area contributed by atoms with Gasteiger partial charge in [-0.25, -0.2) is 0 Å². The number of thioether (sulfide) groups is 1. The Bertz CT molecular complexity index is 977. The van der Waals surface area contributed by atoms with E-state index in [2.05, 4.69) is 48.3 Å². The van der Waals surface area contributed by atoms with E-state index >= 15 is 0 Å². The Morgan fingerprint density at radius 1 is 1.00 bits per heavy atom. The molecule has 0 aliphatic heterocycles. The standard InChI is InChI=1S/C22H25N3O2S/c1-14-6-7-18(17(4)9-14)12-25(5)20(26)13-28-22-24-23-21(27-22)19-10-15(2)8-16(3)11-19/h6-11H,12-13H2,1-5H3. The molecule has 146 valence electrons. The van der Waals surface area contributed by atoms with Crippen LogP contribution in [-0.2, 0) is 11.3 Å². The van der Waals surface area contributed by atoms with E-state index in [1.165, 1.54) is 22.9 Å². The molecule has 1 amide bonds. The average molecular weight is 396 g/mol. The molecular formula is C22H25N3O2S. The highest BCUT2D eigenvalue weighted by atomic mass is 32.2. The van der Waals surface area contributed by atoms with Gasteiger partial charge in [0.1, 0.15) is 0 Å². The third-order valence-corrected chi connectivity index (χ3v) is 5.33. The third kappa shape index (κ3) is 5.01. The van der Waals surface area contributed by atoms with Crippen LogP contribution in [-0.4, -0.2) is 33.8 Å². The van der Waals surface area contributed by atoms with E-state index in [0.29, 0.717) is 17.7 Å². The molecule has 0 unspecified atom stereocenters. The van der Waals surface area contributed by atoms with Crippen LogP contribution in [0.2, 0.25) is 0 Å². The van der Waals surface area contributed by atoms with Gasteiger partial charge in [-0.2, -0.15) is 0 Å². The molecule has 3 aromatic rings. The van der Waals surface area contributed by atoms with Crippen LogP contribution >= 0.6 is 11.8 Å². The van der Waals surface area contributed by atoms with Gasteiger partial charge in [-0.05, 0) is 51.0 Å². The molecule has 0 spiro atoms. The summed E-state index contributed by atoms with van der Waals surface area (Å²) in [4.78, 5) is 14.2. The fourth-order valence-electron chi connectivity index (χ4n) is 3.08. The lowest BCUT2D eigenvalue weighted by Gasteiger charge is -2.18. The molecule has 0 radical (unpaired) electrons. The fraction of sp³-hybridized carbons (Fsp3) is 0.318. The Morgan fingerprint density at radius 3 is 2.39 bits per heavy atom. The molecule has 28 heavy (non-hydrogen) atoms. The molecule has 1 aromatic heterocycles. The second-order valence-electron chi connectivity index (χ2n) is 7.22. The maximum Gasteiger partial charge on any atom is 0.277 e. The lowest BCUT2D eigenvalue weighted by Crippen LogP contribution is -2.28. The number of hydrogen-bond donors (Lipinski definition) is 0. The first-order valence-electron chi connectivity index (χ1n) is 9.17. The molecule has 2 aromatic carbocycles. The van der Waals surface area contributed by atoms with E-state index in [0.717, 1.165) is 22.3 Å². The highest BCUT2D eigenvalue weighted by molar-refractivity contribution is 7.99.